The fraction of sp³-hybridized carbons (Fsp3) is 0.667. The topological polar surface area (TPSA) is 52.6 Å². The van der Waals surface area contributed by atoms with Crippen LogP contribution in [0.25, 0.3) is 0 Å². The number of aliphatic hydroxyl groups excluding tert-OH is 1. The van der Waals surface area contributed by atoms with Gasteiger partial charge in [-0.25, -0.2) is 0 Å². The third-order valence-electron chi connectivity index (χ3n) is 6.15. The van der Waals surface area contributed by atoms with Gasteiger partial charge in [-0.15, -0.1) is 0 Å². The molecule has 0 spiro atoms. The van der Waals surface area contributed by atoms with Crippen LogP contribution < -0.4 is 5.32 Å². The zero-order chi connectivity index (χ0) is 17.9. The van der Waals surface area contributed by atoms with Gasteiger partial charge in [-0.1, -0.05) is 43.5 Å². The van der Waals surface area contributed by atoms with Crippen molar-refractivity contribution in [2.24, 2.45) is 5.92 Å². The number of carbonyl (C=O) groups is 1. The normalized spacial score (nSPS) is 25.5. The second kappa shape index (κ2) is 7.88. The van der Waals surface area contributed by atoms with Crippen LogP contribution in [-0.4, -0.2) is 41.7 Å². The van der Waals surface area contributed by atoms with Crippen LogP contribution in [0.2, 0.25) is 0 Å². The molecule has 0 aromatic heterocycles. The number of nitrogens with zero attached hydrogens (tertiary/aromatic N) is 1. The third-order valence-corrected chi connectivity index (χ3v) is 6.15. The van der Waals surface area contributed by atoms with Crippen molar-refractivity contribution in [3.05, 3.63) is 35.4 Å². The Kier molecular flexibility index (Phi) is 5.80. The average Bonchev–Trinajstić information content (AvgIpc) is 2.62. The van der Waals surface area contributed by atoms with Crippen molar-refractivity contribution < 1.29 is 9.90 Å². The Morgan fingerprint density at radius 2 is 2.04 bits per heavy atom. The zero-order valence-corrected chi connectivity index (χ0v) is 15.6. The zero-order valence-electron chi connectivity index (χ0n) is 15.6. The van der Waals surface area contributed by atoms with Crippen LogP contribution in [0.1, 0.15) is 57.1 Å². The minimum absolute atomic E-state index is 0.156. The highest BCUT2D eigenvalue weighted by Crippen LogP contribution is 2.46. The summed E-state index contributed by atoms with van der Waals surface area (Å²) in [6.45, 7) is 5.57. The van der Waals surface area contributed by atoms with Crippen LogP contribution in [-0.2, 0) is 16.8 Å². The molecule has 1 amide bonds. The number of nitrogens with one attached hydrogen (secondary N) is 1. The summed E-state index contributed by atoms with van der Waals surface area (Å²) in [6.07, 6.45) is 6.76. The molecule has 0 saturated heterocycles. The van der Waals surface area contributed by atoms with Crippen molar-refractivity contribution in [1.82, 2.24) is 10.2 Å². The molecule has 1 fully saturated rings. The first-order valence-corrected chi connectivity index (χ1v) is 9.81. The van der Waals surface area contributed by atoms with E-state index in [1.807, 2.05) is 0 Å². The molecular formula is C21H32N2O2. The molecule has 2 aliphatic rings. The van der Waals surface area contributed by atoms with E-state index in [2.05, 4.69) is 41.4 Å². The molecule has 4 nitrogen and oxygen atoms in total. The fourth-order valence-electron chi connectivity index (χ4n) is 4.81. The van der Waals surface area contributed by atoms with Crippen molar-refractivity contribution in [2.45, 2.75) is 64.0 Å². The summed E-state index contributed by atoms with van der Waals surface area (Å²) in [5, 5.41) is 12.5. The predicted octanol–water partition coefficient (Wildman–Crippen LogP) is 2.84. The van der Waals surface area contributed by atoms with Gasteiger partial charge in [-0.05, 0) is 50.2 Å². The Morgan fingerprint density at radius 3 is 2.76 bits per heavy atom. The van der Waals surface area contributed by atoms with Gasteiger partial charge in [-0.3, -0.25) is 4.79 Å². The van der Waals surface area contributed by atoms with E-state index in [1.54, 1.807) is 6.92 Å². The Bertz CT molecular complexity index is 595. The molecule has 1 heterocycles. The molecule has 2 N–H and O–H groups in total. The van der Waals surface area contributed by atoms with Gasteiger partial charge in [-0.2, -0.15) is 0 Å². The van der Waals surface area contributed by atoms with Gasteiger partial charge in [0.15, 0.2) is 0 Å². The van der Waals surface area contributed by atoms with Crippen LogP contribution in [0, 0.1) is 5.92 Å². The van der Waals surface area contributed by atoms with Crippen LogP contribution in [0.4, 0.5) is 0 Å². The summed E-state index contributed by atoms with van der Waals surface area (Å²) >= 11 is 0. The molecule has 138 valence electrons. The number of carbonyl (C=O) groups excluding carboxylic acids is 1. The first-order chi connectivity index (χ1) is 12.0. The van der Waals surface area contributed by atoms with Crippen molar-refractivity contribution in [3.63, 3.8) is 0 Å². The standard InChI is InChI=1S/C21H32N2O2/c1-16(24)14-22-15-20(25)23-13-12-17-8-6-7-11-19(17)21(23,2)18-9-4-3-5-10-18/h6-8,11,16,18,22,24H,3-5,9-10,12-15H2,1-2H3/t16-,21?/m1/s1. The summed E-state index contributed by atoms with van der Waals surface area (Å²) in [5.74, 6) is 0.687. The van der Waals surface area contributed by atoms with E-state index in [-0.39, 0.29) is 11.4 Å². The molecule has 4 heteroatoms. The summed E-state index contributed by atoms with van der Waals surface area (Å²) < 4.78 is 0. The number of fused-ring (bicyclic) bond motifs is 1. The molecule has 1 unspecified atom stereocenters. The summed E-state index contributed by atoms with van der Waals surface area (Å²) in [6, 6.07) is 8.68. The quantitative estimate of drug-likeness (QED) is 0.864. The van der Waals surface area contributed by atoms with Gasteiger partial charge in [0.2, 0.25) is 5.91 Å². The Balaban J connectivity index is 1.87. The average molecular weight is 344 g/mol. The highest BCUT2D eigenvalue weighted by molar-refractivity contribution is 5.80. The molecule has 0 radical (unpaired) electrons. The molecule has 1 aromatic rings. The van der Waals surface area contributed by atoms with Crippen LogP contribution in [0.5, 0.6) is 0 Å². The molecule has 1 aromatic carbocycles. The summed E-state index contributed by atoms with van der Waals surface area (Å²) in [5.41, 5.74) is 2.53. The summed E-state index contributed by atoms with van der Waals surface area (Å²) in [4.78, 5) is 15.2. The number of amides is 1. The van der Waals surface area contributed by atoms with E-state index in [0.29, 0.717) is 19.0 Å². The van der Waals surface area contributed by atoms with E-state index in [0.717, 1.165) is 13.0 Å². The first kappa shape index (κ1) is 18.4. The minimum Gasteiger partial charge on any atom is -0.392 e. The number of hydrogen-bond donors (Lipinski definition) is 2. The van der Waals surface area contributed by atoms with Crippen LogP contribution >= 0.6 is 0 Å². The molecular weight excluding hydrogens is 312 g/mol. The lowest BCUT2D eigenvalue weighted by Gasteiger charge is -2.52. The van der Waals surface area contributed by atoms with Crippen molar-refractivity contribution >= 4 is 5.91 Å². The smallest absolute Gasteiger partial charge is 0.237 e. The minimum atomic E-state index is -0.431. The van der Waals surface area contributed by atoms with Gasteiger partial charge in [0.1, 0.15) is 0 Å². The van der Waals surface area contributed by atoms with Gasteiger partial charge in [0.25, 0.3) is 0 Å². The molecule has 1 aliphatic carbocycles. The highest BCUT2D eigenvalue weighted by Gasteiger charge is 2.46. The lowest BCUT2D eigenvalue weighted by Crippen LogP contribution is -2.57. The van der Waals surface area contributed by atoms with Crippen LogP contribution in [0.15, 0.2) is 24.3 Å². The van der Waals surface area contributed by atoms with Gasteiger partial charge in [0, 0.05) is 13.1 Å². The molecule has 1 aliphatic heterocycles. The van der Waals surface area contributed by atoms with Gasteiger partial charge >= 0.3 is 0 Å². The maximum atomic E-state index is 13.0. The number of benzene rings is 1. The van der Waals surface area contributed by atoms with Crippen LogP contribution in [0.3, 0.4) is 0 Å². The lowest BCUT2D eigenvalue weighted by molar-refractivity contribution is -0.140. The molecule has 25 heavy (non-hydrogen) atoms. The number of hydrogen-bond acceptors (Lipinski definition) is 3. The number of rotatable bonds is 5. The predicted molar refractivity (Wildman–Crippen MR) is 100 cm³/mol. The lowest BCUT2D eigenvalue weighted by atomic mass is 9.68. The van der Waals surface area contributed by atoms with Gasteiger partial charge in [0.05, 0.1) is 18.2 Å². The van der Waals surface area contributed by atoms with Gasteiger partial charge < -0.3 is 15.3 Å². The van der Waals surface area contributed by atoms with Crippen molar-refractivity contribution in [3.8, 4) is 0 Å². The maximum Gasteiger partial charge on any atom is 0.237 e. The second-order valence-electron chi connectivity index (χ2n) is 7.91. The monoisotopic (exact) mass is 344 g/mol. The Labute approximate surface area is 151 Å². The van der Waals surface area contributed by atoms with Crippen molar-refractivity contribution in [2.75, 3.05) is 19.6 Å². The van der Waals surface area contributed by atoms with E-state index >= 15 is 0 Å². The third kappa shape index (κ3) is 3.75. The maximum absolute atomic E-state index is 13.0. The molecule has 2 atom stereocenters. The Morgan fingerprint density at radius 1 is 1.32 bits per heavy atom. The molecule has 0 bridgehead atoms. The Hall–Kier alpha value is -1.39. The largest absolute Gasteiger partial charge is 0.392 e. The molecule has 1 saturated carbocycles. The van der Waals surface area contributed by atoms with E-state index in [4.69, 9.17) is 0 Å². The molecule has 3 rings (SSSR count). The highest BCUT2D eigenvalue weighted by atomic mass is 16.3. The number of aliphatic hydroxyl groups is 1. The summed E-state index contributed by atoms with van der Waals surface area (Å²) in [7, 11) is 0. The van der Waals surface area contributed by atoms with E-state index in [9.17, 15) is 9.90 Å². The SMILES string of the molecule is C[C@@H](O)CNCC(=O)N1CCc2ccccc2C1(C)C1CCCCC1. The van der Waals surface area contributed by atoms with E-state index in [1.165, 1.54) is 43.2 Å². The van der Waals surface area contributed by atoms with Crippen molar-refractivity contribution in [1.29, 1.82) is 0 Å². The first-order valence-electron chi connectivity index (χ1n) is 9.81. The van der Waals surface area contributed by atoms with E-state index < -0.39 is 6.10 Å². The fourth-order valence-corrected chi connectivity index (χ4v) is 4.81. The second-order valence-corrected chi connectivity index (χ2v) is 7.91.